The van der Waals surface area contributed by atoms with Crippen LogP contribution in [0, 0.1) is 5.92 Å². The lowest BCUT2D eigenvalue weighted by atomic mass is 10.00. The third-order valence-corrected chi connectivity index (χ3v) is 3.55. The van der Waals surface area contributed by atoms with Gasteiger partial charge in [-0.05, 0) is 37.8 Å². The minimum Gasteiger partial charge on any atom is -0.455 e. The lowest BCUT2D eigenvalue weighted by Crippen LogP contribution is -2.37. The highest BCUT2D eigenvalue weighted by molar-refractivity contribution is 5.91. The van der Waals surface area contributed by atoms with E-state index in [4.69, 9.17) is 10.2 Å². The van der Waals surface area contributed by atoms with E-state index in [2.05, 4.69) is 12.2 Å². The minimum absolute atomic E-state index is 0.135. The van der Waals surface area contributed by atoms with Crippen LogP contribution in [0.2, 0.25) is 0 Å². The summed E-state index contributed by atoms with van der Waals surface area (Å²) >= 11 is 0. The molecule has 1 heterocycles. The van der Waals surface area contributed by atoms with Crippen molar-refractivity contribution >= 4 is 5.91 Å². The molecular formula is C13H20N2O2. The van der Waals surface area contributed by atoms with Crippen molar-refractivity contribution in [3.63, 3.8) is 0 Å². The SMILES string of the molecule is C[C@H](NC(=O)c1ccc(CN)o1)C1CCCC1. The van der Waals surface area contributed by atoms with Gasteiger partial charge in [0.1, 0.15) is 5.76 Å². The second-order valence-electron chi connectivity index (χ2n) is 4.78. The van der Waals surface area contributed by atoms with Crippen LogP contribution in [0.5, 0.6) is 0 Å². The van der Waals surface area contributed by atoms with Crippen molar-refractivity contribution in [1.29, 1.82) is 0 Å². The number of hydrogen-bond donors (Lipinski definition) is 2. The summed E-state index contributed by atoms with van der Waals surface area (Å²) in [6.07, 6.45) is 4.99. The first kappa shape index (κ1) is 12.2. The summed E-state index contributed by atoms with van der Waals surface area (Å²) in [4.78, 5) is 11.9. The van der Waals surface area contributed by atoms with Crippen LogP contribution >= 0.6 is 0 Å². The highest BCUT2D eigenvalue weighted by Gasteiger charge is 2.23. The Morgan fingerprint density at radius 3 is 2.82 bits per heavy atom. The quantitative estimate of drug-likeness (QED) is 0.840. The van der Waals surface area contributed by atoms with Gasteiger partial charge < -0.3 is 15.5 Å². The third-order valence-electron chi connectivity index (χ3n) is 3.55. The van der Waals surface area contributed by atoms with Gasteiger partial charge in [0.25, 0.3) is 5.91 Å². The zero-order valence-electron chi connectivity index (χ0n) is 10.2. The smallest absolute Gasteiger partial charge is 0.287 e. The molecule has 1 amide bonds. The molecule has 0 aromatic carbocycles. The summed E-state index contributed by atoms with van der Waals surface area (Å²) in [5, 5.41) is 3.00. The lowest BCUT2D eigenvalue weighted by Gasteiger charge is -2.19. The van der Waals surface area contributed by atoms with Crippen LogP contribution in [0.4, 0.5) is 0 Å². The van der Waals surface area contributed by atoms with Crippen LogP contribution in [0.3, 0.4) is 0 Å². The summed E-state index contributed by atoms with van der Waals surface area (Å²) in [6.45, 7) is 2.39. The van der Waals surface area contributed by atoms with Crippen LogP contribution in [-0.2, 0) is 6.54 Å². The normalized spacial score (nSPS) is 18.2. The molecule has 1 aliphatic carbocycles. The van der Waals surface area contributed by atoms with Gasteiger partial charge in [-0.1, -0.05) is 12.8 Å². The average Bonchev–Trinajstić information content (AvgIpc) is 3.00. The van der Waals surface area contributed by atoms with E-state index in [1.807, 2.05) is 0 Å². The number of hydrogen-bond acceptors (Lipinski definition) is 3. The highest BCUT2D eigenvalue weighted by Crippen LogP contribution is 2.27. The molecule has 4 heteroatoms. The van der Waals surface area contributed by atoms with Crippen molar-refractivity contribution in [2.24, 2.45) is 11.7 Å². The maximum Gasteiger partial charge on any atom is 0.287 e. The largest absolute Gasteiger partial charge is 0.455 e. The Labute approximate surface area is 102 Å². The summed E-state index contributed by atoms with van der Waals surface area (Å²) in [6, 6.07) is 3.64. The molecule has 3 N–H and O–H groups in total. The first-order valence-corrected chi connectivity index (χ1v) is 6.30. The molecule has 0 saturated heterocycles. The number of amides is 1. The lowest BCUT2D eigenvalue weighted by molar-refractivity contribution is 0.0897. The Balaban J connectivity index is 1.91. The van der Waals surface area contributed by atoms with E-state index >= 15 is 0 Å². The first-order valence-electron chi connectivity index (χ1n) is 6.30. The molecule has 2 rings (SSSR count). The fraction of sp³-hybridized carbons (Fsp3) is 0.615. The molecule has 94 valence electrons. The molecular weight excluding hydrogens is 216 g/mol. The third kappa shape index (κ3) is 2.88. The van der Waals surface area contributed by atoms with Crippen LogP contribution in [0.15, 0.2) is 16.5 Å². The van der Waals surface area contributed by atoms with Crippen molar-refractivity contribution in [3.8, 4) is 0 Å². The molecule has 1 atom stereocenters. The van der Waals surface area contributed by atoms with Crippen LogP contribution in [0.25, 0.3) is 0 Å². The number of carbonyl (C=O) groups is 1. The Hall–Kier alpha value is -1.29. The van der Waals surface area contributed by atoms with E-state index in [1.54, 1.807) is 12.1 Å². The van der Waals surface area contributed by atoms with Crippen LogP contribution < -0.4 is 11.1 Å². The molecule has 0 radical (unpaired) electrons. The molecule has 1 aromatic heterocycles. The molecule has 17 heavy (non-hydrogen) atoms. The number of furan rings is 1. The van der Waals surface area contributed by atoms with Crippen molar-refractivity contribution in [3.05, 3.63) is 23.7 Å². The van der Waals surface area contributed by atoms with E-state index in [9.17, 15) is 4.79 Å². The van der Waals surface area contributed by atoms with E-state index in [-0.39, 0.29) is 11.9 Å². The zero-order valence-corrected chi connectivity index (χ0v) is 10.2. The highest BCUT2D eigenvalue weighted by atomic mass is 16.4. The predicted octanol–water partition coefficient (Wildman–Crippen LogP) is 2.05. The number of rotatable bonds is 4. The van der Waals surface area contributed by atoms with Gasteiger partial charge in [0.05, 0.1) is 6.54 Å². The maximum atomic E-state index is 11.9. The molecule has 0 aliphatic heterocycles. The van der Waals surface area contributed by atoms with E-state index in [0.29, 0.717) is 24.0 Å². The molecule has 1 aliphatic rings. The van der Waals surface area contributed by atoms with Gasteiger partial charge >= 0.3 is 0 Å². The standard InChI is InChI=1S/C13H20N2O2/c1-9(10-4-2-3-5-10)15-13(16)12-7-6-11(8-14)17-12/h6-7,9-10H,2-5,8,14H2,1H3,(H,15,16)/t9-/m0/s1. The molecule has 1 aromatic rings. The Bertz CT molecular complexity index is 381. The fourth-order valence-corrected chi connectivity index (χ4v) is 2.46. The van der Waals surface area contributed by atoms with Gasteiger partial charge in [0.2, 0.25) is 0 Å². The van der Waals surface area contributed by atoms with Crippen molar-refractivity contribution in [2.75, 3.05) is 0 Å². The van der Waals surface area contributed by atoms with Gasteiger partial charge in [-0.3, -0.25) is 4.79 Å². The summed E-state index contributed by atoms with van der Waals surface area (Å²) < 4.78 is 5.32. The molecule has 1 fully saturated rings. The maximum absolute atomic E-state index is 11.9. The topological polar surface area (TPSA) is 68.3 Å². The Morgan fingerprint density at radius 2 is 2.24 bits per heavy atom. The molecule has 4 nitrogen and oxygen atoms in total. The average molecular weight is 236 g/mol. The van der Waals surface area contributed by atoms with E-state index < -0.39 is 0 Å². The molecule has 1 saturated carbocycles. The summed E-state index contributed by atoms with van der Waals surface area (Å²) in [5.74, 6) is 1.48. The van der Waals surface area contributed by atoms with Crippen LogP contribution in [0.1, 0.15) is 48.9 Å². The van der Waals surface area contributed by atoms with Crippen molar-refractivity contribution < 1.29 is 9.21 Å². The fourth-order valence-electron chi connectivity index (χ4n) is 2.46. The van der Waals surface area contributed by atoms with Crippen molar-refractivity contribution in [1.82, 2.24) is 5.32 Å². The minimum atomic E-state index is -0.135. The zero-order chi connectivity index (χ0) is 12.3. The van der Waals surface area contributed by atoms with Crippen molar-refractivity contribution in [2.45, 2.75) is 45.2 Å². The van der Waals surface area contributed by atoms with Gasteiger partial charge in [-0.25, -0.2) is 0 Å². The summed E-state index contributed by atoms with van der Waals surface area (Å²) in [5.41, 5.74) is 5.44. The van der Waals surface area contributed by atoms with Gasteiger partial charge in [-0.2, -0.15) is 0 Å². The second-order valence-corrected chi connectivity index (χ2v) is 4.78. The van der Waals surface area contributed by atoms with E-state index in [0.717, 1.165) is 0 Å². The number of carbonyl (C=O) groups excluding carboxylic acids is 1. The number of nitrogens with one attached hydrogen (secondary N) is 1. The molecule has 0 unspecified atom stereocenters. The number of nitrogens with two attached hydrogens (primary N) is 1. The second kappa shape index (κ2) is 5.36. The Kier molecular flexibility index (Phi) is 3.84. The van der Waals surface area contributed by atoms with E-state index in [1.165, 1.54) is 25.7 Å². The van der Waals surface area contributed by atoms with Crippen LogP contribution in [-0.4, -0.2) is 11.9 Å². The Morgan fingerprint density at radius 1 is 1.53 bits per heavy atom. The summed E-state index contributed by atoms with van der Waals surface area (Å²) in [7, 11) is 0. The monoisotopic (exact) mass is 236 g/mol. The molecule has 0 bridgehead atoms. The predicted molar refractivity (Wildman–Crippen MR) is 65.5 cm³/mol. The van der Waals surface area contributed by atoms with Gasteiger partial charge in [-0.15, -0.1) is 0 Å². The van der Waals surface area contributed by atoms with Gasteiger partial charge in [0, 0.05) is 6.04 Å². The molecule has 0 spiro atoms. The van der Waals surface area contributed by atoms with Gasteiger partial charge in [0.15, 0.2) is 5.76 Å². The first-order chi connectivity index (χ1) is 8.20.